The molecular weight excluding hydrogens is 667 g/mol. The van der Waals surface area contributed by atoms with Crippen LogP contribution in [0.4, 0.5) is 0 Å². The van der Waals surface area contributed by atoms with Crippen molar-refractivity contribution in [2.75, 3.05) is 0 Å². The van der Waals surface area contributed by atoms with Crippen LogP contribution in [0.3, 0.4) is 0 Å². The molecule has 0 nitrogen and oxygen atoms in total. The largest absolute Gasteiger partial charge is 1.00 e. The van der Waals surface area contributed by atoms with Crippen LogP contribution in [-0.2, 0) is 27.7 Å². The molecule has 4 saturated carbocycles. The van der Waals surface area contributed by atoms with Crippen LogP contribution < -0.4 is 28.1 Å². The maximum atomic E-state index is 2.82. The minimum absolute atomic E-state index is 0. The molecular formula is C42H42Cl2Zr. The number of hydrogen-bond acceptors (Lipinski definition) is 0. The van der Waals surface area contributed by atoms with Gasteiger partial charge >= 0.3 is 267 Å². The van der Waals surface area contributed by atoms with Crippen molar-refractivity contribution < 1.29 is 46.1 Å². The van der Waals surface area contributed by atoms with Crippen molar-refractivity contribution in [2.24, 2.45) is 29.1 Å². The van der Waals surface area contributed by atoms with Gasteiger partial charge in [0.25, 0.3) is 0 Å². The predicted molar refractivity (Wildman–Crippen MR) is 179 cm³/mol. The summed E-state index contributed by atoms with van der Waals surface area (Å²) in [5, 5.41) is 2.76. The van der Waals surface area contributed by atoms with Gasteiger partial charge < -0.3 is 24.8 Å². The van der Waals surface area contributed by atoms with E-state index in [1.165, 1.54) is 78.0 Å². The molecule has 0 spiro atoms. The van der Waals surface area contributed by atoms with Crippen molar-refractivity contribution in [3.8, 4) is 11.1 Å². The maximum absolute atomic E-state index is 2.82. The quantitative estimate of drug-likeness (QED) is 0.260. The summed E-state index contributed by atoms with van der Waals surface area (Å²) in [6.07, 6.45) is 14.3. The number of allylic oxidation sites excluding steroid dienone is 4. The van der Waals surface area contributed by atoms with E-state index in [1.807, 2.05) is 3.28 Å². The van der Waals surface area contributed by atoms with Crippen LogP contribution in [0.25, 0.3) is 21.9 Å². The monoisotopic (exact) mass is 706 g/mol. The van der Waals surface area contributed by atoms with Crippen molar-refractivity contribution in [3.63, 3.8) is 0 Å². The first-order valence-electron chi connectivity index (χ1n) is 16.9. The molecule has 0 N–H and O–H groups in total. The fourth-order valence-electron chi connectivity index (χ4n) is 10.8. The van der Waals surface area contributed by atoms with Crippen molar-refractivity contribution in [1.29, 1.82) is 0 Å². The molecule has 6 aliphatic rings. The van der Waals surface area contributed by atoms with E-state index in [0.29, 0.717) is 11.3 Å². The van der Waals surface area contributed by atoms with Gasteiger partial charge in [0, 0.05) is 0 Å². The Morgan fingerprint density at radius 3 is 2.18 bits per heavy atom. The number of rotatable bonds is 5. The molecule has 4 fully saturated rings. The first kappa shape index (κ1) is 31.5. The van der Waals surface area contributed by atoms with Crippen LogP contribution in [-0.4, -0.2) is 3.71 Å². The minimum atomic E-state index is -2.51. The van der Waals surface area contributed by atoms with E-state index >= 15 is 0 Å². The molecule has 10 rings (SSSR count). The minimum Gasteiger partial charge on any atom is -1.00 e. The Morgan fingerprint density at radius 2 is 1.40 bits per heavy atom. The van der Waals surface area contributed by atoms with E-state index in [9.17, 15) is 0 Å². The van der Waals surface area contributed by atoms with E-state index in [2.05, 4.69) is 109 Å². The second-order valence-electron chi connectivity index (χ2n) is 14.9. The first-order chi connectivity index (χ1) is 21.0. The van der Waals surface area contributed by atoms with Crippen LogP contribution in [0.2, 0.25) is 0 Å². The van der Waals surface area contributed by atoms with E-state index in [-0.39, 0.29) is 24.8 Å². The molecule has 0 saturated heterocycles. The predicted octanol–water partition coefficient (Wildman–Crippen LogP) is 3.97. The molecule has 0 heterocycles. The molecule has 1 atom stereocenters. The van der Waals surface area contributed by atoms with Crippen LogP contribution >= 0.6 is 0 Å². The summed E-state index contributed by atoms with van der Waals surface area (Å²) in [6.45, 7) is 5.06. The first-order valence-corrected chi connectivity index (χ1v) is 20.7. The summed E-state index contributed by atoms with van der Waals surface area (Å²) in [7, 11) is 0. The summed E-state index contributed by atoms with van der Waals surface area (Å²) in [6, 6.07) is 32.4. The molecule has 6 aliphatic carbocycles. The third kappa shape index (κ3) is 5.34. The van der Waals surface area contributed by atoms with E-state index in [1.54, 1.807) is 20.0 Å². The fraction of sp³-hybridized carbons (Fsp3) is 0.357. The molecule has 0 amide bonds. The molecule has 4 bridgehead atoms. The summed E-state index contributed by atoms with van der Waals surface area (Å²) >= 11 is -2.51. The Labute approximate surface area is 289 Å². The number of benzene rings is 4. The van der Waals surface area contributed by atoms with Gasteiger partial charge in [0.1, 0.15) is 0 Å². The van der Waals surface area contributed by atoms with Crippen LogP contribution in [0.1, 0.15) is 75.5 Å². The van der Waals surface area contributed by atoms with Gasteiger partial charge in [0.2, 0.25) is 0 Å². The number of hydrogen-bond donors (Lipinski definition) is 0. The van der Waals surface area contributed by atoms with Crippen molar-refractivity contribution in [2.45, 2.75) is 65.2 Å². The van der Waals surface area contributed by atoms with Crippen molar-refractivity contribution in [1.82, 2.24) is 0 Å². The Kier molecular flexibility index (Phi) is 8.55. The molecule has 45 heavy (non-hydrogen) atoms. The summed E-state index contributed by atoms with van der Waals surface area (Å²) < 4.78 is 6.36. The van der Waals surface area contributed by atoms with E-state index in [0.717, 1.165) is 24.2 Å². The van der Waals surface area contributed by atoms with Crippen LogP contribution in [0.15, 0.2) is 105 Å². The molecule has 1 unspecified atom stereocenters. The zero-order valence-corrected chi connectivity index (χ0v) is 30.4. The smallest absolute Gasteiger partial charge is 1.00 e. The Morgan fingerprint density at radius 1 is 0.756 bits per heavy atom. The van der Waals surface area contributed by atoms with Gasteiger partial charge in [-0.05, 0) is 0 Å². The standard InChI is InChI=1S/C18H25.C13H9.C11H8.2ClH.Zr/c1-12-3-13(2)17(4-12)11-18-8-14-5-15(9-18)7-16(6-14)10-18;1-3-7-12-10(5-1)9-11-6-2-4-8-13(11)12;1-9-5-4-7-10-6-2-3-8-11(9)10;;;/h4,12,14-16H,5-11H2,1-2H3;1-5,7-8H,9H2;1-8H;2*1H;/q;;;;;+2/p-2. The average molecular weight is 709 g/mol. The van der Waals surface area contributed by atoms with Gasteiger partial charge in [0.15, 0.2) is 0 Å². The van der Waals surface area contributed by atoms with Crippen molar-refractivity contribution >= 4 is 17.8 Å². The zero-order valence-electron chi connectivity index (χ0n) is 26.5. The number of fused-ring (bicyclic) bond motifs is 4. The second kappa shape index (κ2) is 12.2. The van der Waals surface area contributed by atoms with Crippen LogP contribution in [0.5, 0.6) is 0 Å². The normalized spacial score (nSPS) is 27.2. The van der Waals surface area contributed by atoms with E-state index < -0.39 is 21.3 Å². The third-order valence-electron chi connectivity index (χ3n) is 12.1. The average Bonchev–Trinajstić information content (AvgIpc) is 3.51. The van der Waals surface area contributed by atoms with Gasteiger partial charge in [-0.1, -0.05) is 0 Å². The SMILES string of the molecule is CC1=[C](/[Zr+2](=[CH]/c2cccc3ccccc23)[c]2cccc3c2Cc2ccccc2-3)C(C)C=C1CC12CC3CC(CC(C3)C1)C2.[Cl-].[Cl-]. The van der Waals surface area contributed by atoms with Crippen molar-refractivity contribution in [3.05, 3.63) is 122 Å². The molecule has 0 radical (unpaired) electrons. The van der Waals surface area contributed by atoms with E-state index in [4.69, 9.17) is 0 Å². The Hall–Kier alpha value is -2.05. The summed E-state index contributed by atoms with van der Waals surface area (Å²) in [5.41, 5.74) is 11.5. The van der Waals surface area contributed by atoms with Gasteiger partial charge in [-0.3, -0.25) is 0 Å². The molecule has 228 valence electrons. The third-order valence-corrected chi connectivity index (χ3v) is 19.6. The van der Waals surface area contributed by atoms with Gasteiger partial charge in [-0.15, -0.1) is 0 Å². The summed E-state index contributed by atoms with van der Waals surface area (Å²) in [5.74, 6) is 3.61. The Balaban J connectivity index is 0.00000163. The topological polar surface area (TPSA) is 0 Å². The second-order valence-corrected chi connectivity index (χ2v) is 20.3. The zero-order chi connectivity index (χ0) is 28.7. The fourth-order valence-corrected chi connectivity index (χ4v) is 18.5. The van der Waals surface area contributed by atoms with Crippen LogP contribution in [0, 0.1) is 29.1 Å². The van der Waals surface area contributed by atoms with Gasteiger partial charge in [-0.25, -0.2) is 0 Å². The molecule has 3 heteroatoms. The molecule has 0 aliphatic heterocycles. The molecule has 4 aromatic carbocycles. The summed E-state index contributed by atoms with van der Waals surface area (Å²) in [4.78, 5) is 0. The maximum Gasteiger partial charge on any atom is -1.00 e. The Bertz CT molecular complexity index is 1850. The molecule has 4 aromatic rings. The molecule has 0 aromatic heterocycles. The van der Waals surface area contributed by atoms with Gasteiger partial charge in [0.05, 0.1) is 0 Å². The number of halogens is 2. The van der Waals surface area contributed by atoms with Gasteiger partial charge in [-0.2, -0.15) is 0 Å².